The van der Waals surface area contributed by atoms with Crippen LogP contribution in [-0.4, -0.2) is 24.1 Å². The fourth-order valence-corrected chi connectivity index (χ4v) is 2.66. The smallest absolute Gasteiger partial charge is 0.00106 e. The van der Waals surface area contributed by atoms with Gasteiger partial charge < -0.3 is 5.32 Å². The summed E-state index contributed by atoms with van der Waals surface area (Å²) in [5.41, 5.74) is 0.534. The molecule has 92 valence electrons. The molecule has 0 aliphatic rings. The molecule has 0 bridgehead atoms. The Balaban J connectivity index is 4.05. The zero-order valence-corrected chi connectivity index (χ0v) is 12.0. The summed E-state index contributed by atoms with van der Waals surface area (Å²) in [6.45, 7) is 12.6. The van der Waals surface area contributed by atoms with E-state index in [9.17, 15) is 0 Å². The maximum atomic E-state index is 3.61. The van der Waals surface area contributed by atoms with Crippen LogP contribution < -0.4 is 5.32 Å². The van der Waals surface area contributed by atoms with Crippen molar-refractivity contribution in [2.24, 2.45) is 5.41 Å². The van der Waals surface area contributed by atoms with Crippen molar-refractivity contribution in [2.45, 2.75) is 59.9 Å². The van der Waals surface area contributed by atoms with Crippen molar-refractivity contribution >= 4 is 11.8 Å². The Morgan fingerprint density at radius 1 is 1.13 bits per heavy atom. The summed E-state index contributed by atoms with van der Waals surface area (Å²) in [5, 5.41) is 3.61. The zero-order chi connectivity index (χ0) is 11.7. The van der Waals surface area contributed by atoms with Crippen molar-refractivity contribution in [3.63, 3.8) is 0 Å². The number of hydrogen-bond acceptors (Lipinski definition) is 2. The Bertz CT molecular complexity index is 141. The number of hydrogen-bond donors (Lipinski definition) is 1. The highest BCUT2D eigenvalue weighted by Gasteiger charge is 2.25. The molecule has 0 aromatic heterocycles. The van der Waals surface area contributed by atoms with Crippen LogP contribution in [0.3, 0.4) is 0 Å². The monoisotopic (exact) mass is 231 g/mol. The largest absolute Gasteiger partial charge is 0.314 e. The fraction of sp³-hybridized carbons (Fsp3) is 1.00. The van der Waals surface area contributed by atoms with E-state index < -0.39 is 0 Å². The highest BCUT2D eigenvalue weighted by atomic mass is 32.2. The third-order valence-electron chi connectivity index (χ3n) is 3.37. The summed E-state index contributed by atoms with van der Waals surface area (Å²) < 4.78 is 0. The van der Waals surface area contributed by atoms with Crippen molar-refractivity contribution in [1.82, 2.24) is 5.32 Å². The van der Waals surface area contributed by atoms with Gasteiger partial charge in [-0.05, 0) is 36.2 Å². The summed E-state index contributed by atoms with van der Waals surface area (Å²) in [7, 11) is 0. The molecule has 2 heteroatoms. The zero-order valence-electron chi connectivity index (χ0n) is 11.2. The van der Waals surface area contributed by atoms with E-state index in [1.807, 2.05) is 0 Å². The molecule has 15 heavy (non-hydrogen) atoms. The van der Waals surface area contributed by atoms with Crippen LogP contribution in [0.5, 0.6) is 0 Å². The van der Waals surface area contributed by atoms with Crippen LogP contribution in [0.1, 0.15) is 53.9 Å². The van der Waals surface area contributed by atoms with Crippen LogP contribution in [0.15, 0.2) is 0 Å². The van der Waals surface area contributed by atoms with Gasteiger partial charge in [-0.3, -0.25) is 0 Å². The number of nitrogens with one attached hydrogen (secondary N) is 1. The first-order valence-electron chi connectivity index (χ1n) is 6.41. The van der Waals surface area contributed by atoms with Crippen molar-refractivity contribution in [3.05, 3.63) is 0 Å². The maximum absolute atomic E-state index is 3.61. The summed E-state index contributed by atoms with van der Waals surface area (Å²) >= 11 is 2.07. The summed E-state index contributed by atoms with van der Waals surface area (Å²) in [6.07, 6.45) is 3.96. The Morgan fingerprint density at radius 2 is 1.73 bits per heavy atom. The molecule has 0 radical (unpaired) electrons. The molecule has 0 rings (SSSR count). The predicted molar refractivity (Wildman–Crippen MR) is 73.8 cm³/mol. The normalized spacial score (nSPS) is 12.4. The standard InChI is InChI=1S/C13H29NS/c1-6-13(7-2,9-10-15-8-3)11-14-12(4)5/h12,14H,6-11H2,1-5H3. The summed E-state index contributed by atoms with van der Waals surface area (Å²) in [4.78, 5) is 0. The van der Waals surface area contributed by atoms with E-state index in [-0.39, 0.29) is 0 Å². The maximum Gasteiger partial charge on any atom is 0.00106 e. The van der Waals surface area contributed by atoms with Crippen molar-refractivity contribution in [2.75, 3.05) is 18.1 Å². The minimum absolute atomic E-state index is 0.534. The van der Waals surface area contributed by atoms with Crippen LogP contribution in [0, 0.1) is 5.41 Å². The average molecular weight is 231 g/mol. The average Bonchev–Trinajstić information content (AvgIpc) is 2.23. The number of rotatable bonds is 9. The molecule has 0 aromatic carbocycles. The topological polar surface area (TPSA) is 12.0 Å². The molecule has 0 unspecified atom stereocenters. The molecule has 0 saturated carbocycles. The third-order valence-corrected chi connectivity index (χ3v) is 4.27. The van der Waals surface area contributed by atoms with Crippen LogP contribution >= 0.6 is 11.8 Å². The summed E-state index contributed by atoms with van der Waals surface area (Å²) in [6, 6.07) is 0.612. The van der Waals surface area contributed by atoms with E-state index in [1.165, 1.54) is 37.3 Å². The van der Waals surface area contributed by atoms with Crippen LogP contribution in [0.25, 0.3) is 0 Å². The van der Waals surface area contributed by atoms with Gasteiger partial charge in [-0.2, -0.15) is 11.8 Å². The molecule has 0 atom stereocenters. The highest BCUT2D eigenvalue weighted by molar-refractivity contribution is 7.99. The van der Waals surface area contributed by atoms with Gasteiger partial charge in [0.05, 0.1) is 0 Å². The lowest BCUT2D eigenvalue weighted by molar-refractivity contribution is 0.234. The second-order valence-corrected chi connectivity index (χ2v) is 6.08. The van der Waals surface area contributed by atoms with Gasteiger partial charge in [0.25, 0.3) is 0 Å². The van der Waals surface area contributed by atoms with Gasteiger partial charge in [-0.15, -0.1) is 0 Å². The highest BCUT2D eigenvalue weighted by Crippen LogP contribution is 2.31. The van der Waals surface area contributed by atoms with Gasteiger partial charge in [-0.1, -0.05) is 34.6 Å². The second-order valence-electron chi connectivity index (χ2n) is 4.69. The Hall–Kier alpha value is 0.310. The lowest BCUT2D eigenvalue weighted by atomic mass is 9.79. The first kappa shape index (κ1) is 15.3. The molecule has 1 N–H and O–H groups in total. The first-order chi connectivity index (χ1) is 7.10. The third kappa shape index (κ3) is 6.47. The van der Waals surface area contributed by atoms with Crippen LogP contribution in [-0.2, 0) is 0 Å². The lowest BCUT2D eigenvalue weighted by Crippen LogP contribution is -2.37. The van der Waals surface area contributed by atoms with Crippen LogP contribution in [0.2, 0.25) is 0 Å². The van der Waals surface area contributed by atoms with Crippen LogP contribution in [0.4, 0.5) is 0 Å². The van der Waals surface area contributed by atoms with E-state index in [0.717, 1.165) is 0 Å². The van der Waals surface area contributed by atoms with Crippen molar-refractivity contribution in [3.8, 4) is 0 Å². The Morgan fingerprint density at radius 3 is 2.13 bits per heavy atom. The summed E-state index contributed by atoms with van der Waals surface area (Å²) in [5.74, 6) is 2.57. The SMILES string of the molecule is CCSCCC(CC)(CC)CNC(C)C. The van der Waals surface area contributed by atoms with Crippen molar-refractivity contribution in [1.29, 1.82) is 0 Å². The number of thioether (sulfide) groups is 1. The van der Waals surface area contributed by atoms with E-state index in [2.05, 4.69) is 51.7 Å². The van der Waals surface area contributed by atoms with E-state index in [0.29, 0.717) is 11.5 Å². The van der Waals surface area contributed by atoms with Gasteiger partial charge in [0, 0.05) is 12.6 Å². The minimum Gasteiger partial charge on any atom is -0.314 e. The van der Waals surface area contributed by atoms with E-state index in [1.54, 1.807) is 0 Å². The van der Waals surface area contributed by atoms with E-state index in [4.69, 9.17) is 0 Å². The molecule has 0 spiro atoms. The van der Waals surface area contributed by atoms with Crippen molar-refractivity contribution < 1.29 is 0 Å². The van der Waals surface area contributed by atoms with Gasteiger partial charge >= 0.3 is 0 Å². The molecular weight excluding hydrogens is 202 g/mol. The molecule has 0 saturated heterocycles. The Labute approximate surface area is 101 Å². The molecule has 0 fully saturated rings. The Kier molecular flexibility index (Phi) is 8.64. The van der Waals surface area contributed by atoms with E-state index >= 15 is 0 Å². The predicted octanol–water partition coefficient (Wildman–Crippen LogP) is 3.93. The molecule has 1 nitrogen and oxygen atoms in total. The molecule has 0 aromatic rings. The molecule has 0 amide bonds. The molecule has 0 aliphatic carbocycles. The van der Waals surface area contributed by atoms with Gasteiger partial charge in [0.2, 0.25) is 0 Å². The minimum atomic E-state index is 0.534. The lowest BCUT2D eigenvalue weighted by Gasteiger charge is -2.33. The fourth-order valence-electron chi connectivity index (χ4n) is 1.80. The van der Waals surface area contributed by atoms with Gasteiger partial charge in [0.15, 0.2) is 0 Å². The van der Waals surface area contributed by atoms with Gasteiger partial charge in [0.1, 0.15) is 0 Å². The molecular formula is C13H29NS. The molecule has 0 aliphatic heterocycles. The quantitative estimate of drug-likeness (QED) is 0.603. The first-order valence-corrected chi connectivity index (χ1v) is 7.56. The van der Waals surface area contributed by atoms with Gasteiger partial charge in [-0.25, -0.2) is 0 Å². The second kappa shape index (κ2) is 8.46. The molecule has 0 heterocycles.